The van der Waals surface area contributed by atoms with Crippen molar-refractivity contribution in [1.82, 2.24) is 35.1 Å². The van der Waals surface area contributed by atoms with E-state index >= 15 is 0 Å². The van der Waals surface area contributed by atoms with Crippen LogP contribution >= 0.6 is 0 Å². The van der Waals surface area contributed by atoms with E-state index in [2.05, 4.69) is 66.9 Å². The van der Waals surface area contributed by atoms with Gasteiger partial charge in [0.2, 0.25) is 23.6 Å². The van der Waals surface area contributed by atoms with Crippen LogP contribution in [0.15, 0.2) is 67.4 Å². The van der Waals surface area contributed by atoms with E-state index in [9.17, 15) is 29.1 Å². The number of nitrogens with one attached hydrogen (secondary N) is 2. The molecular formula is C51H65N7O8. The van der Waals surface area contributed by atoms with Crippen LogP contribution in [0.1, 0.15) is 70.7 Å². The quantitative estimate of drug-likeness (QED) is 0.119. The molecule has 7 rings (SSSR count). The molecule has 2 aromatic heterocycles. The monoisotopic (exact) mass is 903 g/mol. The van der Waals surface area contributed by atoms with Crippen molar-refractivity contribution in [3.8, 4) is 28.1 Å². The van der Waals surface area contributed by atoms with E-state index in [1.165, 1.54) is 16.0 Å². The Labute approximate surface area is 387 Å². The van der Waals surface area contributed by atoms with Gasteiger partial charge in [0.1, 0.15) is 17.8 Å². The first-order valence-electron chi connectivity index (χ1n) is 23.2. The van der Waals surface area contributed by atoms with Crippen LogP contribution in [0, 0.1) is 23.2 Å². The maximum atomic E-state index is 14.6. The summed E-state index contributed by atoms with van der Waals surface area (Å²) in [6, 6.07) is 14.2. The average molecular weight is 904 g/mol. The van der Waals surface area contributed by atoms with Crippen LogP contribution in [0.5, 0.6) is 5.75 Å². The number of phenolic OH excluding ortho intramolecular Hbond substituents is 1. The number of fused-ring (bicyclic) bond motifs is 6. The highest BCUT2D eigenvalue weighted by atomic mass is 16.5. The van der Waals surface area contributed by atoms with E-state index in [4.69, 9.17) is 14.5 Å². The van der Waals surface area contributed by atoms with Crippen molar-refractivity contribution in [2.45, 2.75) is 92.0 Å². The molecule has 0 aliphatic carbocycles. The molecule has 4 aromatic rings. The number of cyclic esters (lactones) is 1. The molecule has 3 aliphatic rings. The van der Waals surface area contributed by atoms with Gasteiger partial charge in [0.25, 0.3) is 0 Å². The molecule has 0 spiro atoms. The number of likely N-dealkylation sites (N-methyl/N-ethyl adjacent to an activating group) is 1. The van der Waals surface area contributed by atoms with Gasteiger partial charge in [-0.25, -0.2) is 5.43 Å². The van der Waals surface area contributed by atoms with Crippen molar-refractivity contribution in [2.24, 2.45) is 23.2 Å². The normalized spacial score (nSPS) is 19.5. The van der Waals surface area contributed by atoms with Crippen LogP contribution in [0.3, 0.4) is 0 Å². The lowest BCUT2D eigenvalue weighted by molar-refractivity contribution is -0.155. The zero-order valence-electron chi connectivity index (χ0n) is 39.4. The smallest absolute Gasteiger partial charge is 0.324 e. The van der Waals surface area contributed by atoms with Crippen LogP contribution in [-0.2, 0) is 59.4 Å². The predicted molar refractivity (Wildman–Crippen MR) is 251 cm³/mol. The number of benzene rings is 2. The molecule has 15 nitrogen and oxygen atoms in total. The Kier molecular flexibility index (Phi) is 14.7. The van der Waals surface area contributed by atoms with Crippen molar-refractivity contribution < 1.29 is 38.6 Å². The minimum Gasteiger partial charge on any atom is -0.508 e. The number of methoxy groups -OCH3 is 1. The molecule has 4 amide bonds. The number of esters is 1. The number of carbonyl (C=O) groups excluding carboxylic acids is 5. The molecule has 6 bridgehead atoms. The standard InChI is InChI=1S/C51H65N7O8/c1-9-44(60)56-27-36(28-56)48(62)55(7)45(31(3)4)47(61)53-19-17-34-21-32-22-35(24-37(59)23-32)33-15-16-43-39(25-33)40(46(57(43)10-2)38-13-11-18-52-42(38)29-65-8)26-51(5,6)30-66-50(64)41-14-12-20-58(54-41)49(34)63/h9,11,13,15-16,18,22-25,31,34,36,41,45,54,59H,1,10,12,14,17,19-21,26-30H2,2-8H3,(H,53,61)/t34-,41-,45-/m0/s1. The first kappa shape index (κ1) is 47.9. The van der Waals surface area contributed by atoms with Gasteiger partial charge in [-0.3, -0.25) is 34.0 Å². The van der Waals surface area contributed by atoms with Gasteiger partial charge >= 0.3 is 5.97 Å². The number of hydrogen-bond donors (Lipinski definition) is 3. The first-order chi connectivity index (χ1) is 31.5. The van der Waals surface area contributed by atoms with Gasteiger partial charge in [0.05, 0.1) is 30.5 Å². The summed E-state index contributed by atoms with van der Waals surface area (Å²) in [6.07, 6.45) is 5.10. The van der Waals surface area contributed by atoms with Gasteiger partial charge in [0, 0.05) is 80.9 Å². The fraction of sp³-hybridized carbons (Fsp3) is 0.490. The van der Waals surface area contributed by atoms with Crippen molar-refractivity contribution >= 4 is 40.5 Å². The zero-order chi connectivity index (χ0) is 47.4. The number of aromatic hydroxyl groups is 1. The van der Waals surface area contributed by atoms with Gasteiger partial charge in [-0.05, 0) is 110 Å². The molecule has 3 N–H and O–H groups in total. The summed E-state index contributed by atoms with van der Waals surface area (Å²) in [5.74, 6) is -2.72. The van der Waals surface area contributed by atoms with Gasteiger partial charge in [-0.15, -0.1) is 0 Å². The second kappa shape index (κ2) is 20.2. The Balaban J connectivity index is 1.22. The van der Waals surface area contributed by atoms with E-state index < -0.39 is 35.3 Å². The second-order valence-corrected chi connectivity index (χ2v) is 19.1. The van der Waals surface area contributed by atoms with E-state index in [1.54, 1.807) is 37.4 Å². The predicted octanol–water partition coefficient (Wildman–Crippen LogP) is 5.66. The highest BCUT2D eigenvalue weighted by Crippen LogP contribution is 2.41. The lowest BCUT2D eigenvalue weighted by atomic mass is 9.84. The highest BCUT2D eigenvalue weighted by Gasteiger charge is 2.40. The van der Waals surface area contributed by atoms with Crippen LogP contribution in [-0.4, -0.2) is 118 Å². The molecule has 0 radical (unpaired) electrons. The van der Waals surface area contributed by atoms with E-state index in [1.807, 2.05) is 26.0 Å². The SMILES string of the molecule is C=CC(=O)N1CC(C(=O)N(C)[C@H](C(=O)NCC[C@H]2Cc3cc(O)cc(c3)-c3ccc4c(c3)c(c(-c3cccnc3COC)n4CC)CC(C)(C)COC(=O)[C@@H]3CCCN(N3)C2=O)C(C)C)C1. The maximum Gasteiger partial charge on any atom is 0.324 e. The maximum absolute atomic E-state index is 14.6. The molecule has 15 heteroatoms. The Bertz CT molecular complexity index is 2490. The Hall–Kier alpha value is -6.06. The lowest BCUT2D eigenvalue weighted by Gasteiger charge is -2.41. The molecule has 2 fully saturated rings. The zero-order valence-corrected chi connectivity index (χ0v) is 39.4. The Morgan fingerprint density at radius 3 is 2.61 bits per heavy atom. The second-order valence-electron chi connectivity index (χ2n) is 19.1. The Morgan fingerprint density at radius 1 is 1.12 bits per heavy atom. The van der Waals surface area contributed by atoms with Crippen molar-refractivity contribution in [1.29, 1.82) is 0 Å². The van der Waals surface area contributed by atoms with Gasteiger partial charge < -0.3 is 34.3 Å². The molecule has 3 atom stereocenters. The van der Waals surface area contributed by atoms with Crippen LogP contribution < -0.4 is 10.7 Å². The third-order valence-electron chi connectivity index (χ3n) is 13.2. The fourth-order valence-electron chi connectivity index (χ4n) is 9.88. The van der Waals surface area contributed by atoms with Crippen LogP contribution in [0.4, 0.5) is 0 Å². The van der Waals surface area contributed by atoms with E-state index in [0.29, 0.717) is 39.0 Å². The number of hydrazine groups is 1. The molecule has 2 saturated heterocycles. The first-order valence-corrected chi connectivity index (χ1v) is 23.2. The number of aromatic nitrogens is 2. The third-order valence-corrected chi connectivity index (χ3v) is 13.2. The molecule has 3 aliphatic heterocycles. The number of likely N-dealkylation sites (tertiary alicyclic amines) is 1. The van der Waals surface area contributed by atoms with E-state index in [0.717, 1.165) is 50.1 Å². The van der Waals surface area contributed by atoms with Crippen molar-refractivity contribution in [3.63, 3.8) is 0 Å². The summed E-state index contributed by atoms with van der Waals surface area (Å²) in [6.45, 7) is 15.8. The van der Waals surface area contributed by atoms with Crippen LogP contribution in [0.25, 0.3) is 33.3 Å². The molecule has 5 heterocycles. The number of phenols is 1. The summed E-state index contributed by atoms with van der Waals surface area (Å²) in [4.78, 5) is 75.5. The number of nitrogens with zero attached hydrogens (tertiary/aromatic N) is 5. The van der Waals surface area contributed by atoms with Gasteiger partial charge in [-0.2, -0.15) is 0 Å². The molecular weight excluding hydrogens is 839 g/mol. The highest BCUT2D eigenvalue weighted by molar-refractivity contribution is 5.96. The number of pyridine rings is 1. The minimum atomic E-state index is -0.781. The largest absolute Gasteiger partial charge is 0.508 e. The Morgan fingerprint density at radius 2 is 1.89 bits per heavy atom. The summed E-state index contributed by atoms with van der Waals surface area (Å²) in [5, 5.41) is 16.8. The molecule has 352 valence electrons. The third kappa shape index (κ3) is 10.2. The minimum absolute atomic E-state index is 0.0547. The molecule has 66 heavy (non-hydrogen) atoms. The van der Waals surface area contributed by atoms with Crippen molar-refractivity contribution in [2.75, 3.05) is 46.9 Å². The summed E-state index contributed by atoms with van der Waals surface area (Å²) >= 11 is 0. The van der Waals surface area contributed by atoms with Gasteiger partial charge in [0.15, 0.2) is 0 Å². The molecule has 2 aromatic carbocycles. The van der Waals surface area contributed by atoms with Crippen molar-refractivity contribution in [3.05, 3.63) is 84.2 Å². The summed E-state index contributed by atoms with van der Waals surface area (Å²) in [5.41, 5.74) is 9.98. The number of rotatable bonds is 12. The number of aryl methyl sites for hydroxylation is 1. The topological polar surface area (TPSA) is 176 Å². The van der Waals surface area contributed by atoms with Crippen LogP contribution in [0.2, 0.25) is 0 Å². The number of carbonyl (C=O) groups is 5. The lowest BCUT2D eigenvalue weighted by Crippen LogP contribution is -2.59. The number of hydrogen-bond acceptors (Lipinski definition) is 10. The van der Waals surface area contributed by atoms with Gasteiger partial charge in [-0.1, -0.05) is 46.4 Å². The summed E-state index contributed by atoms with van der Waals surface area (Å²) in [7, 11) is 3.27. The average Bonchev–Trinajstić information content (AvgIpc) is 3.57. The van der Waals surface area contributed by atoms with E-state index in [-0.39, 0.29) is 74.4 Å². The fourth-order valence-corrected chi connectivity index (χ4v) is 9.88. The summed E-state index contributed by atoms with van der Waals surface area (Å²) < 4.78 is 14.0. The molecule has 0 saturated carbocycles. The molecule has 0 unspecified atom stereocenters. The number of ether oxygens (including phenoxy) is 2. The number of amides is 4.